The van der Waals surface area contributed by atoms with Crippen LogP contribution in [0, 0.1) is 0 Å². The fraction of sp³-hybridized carbons (Fsp3) is 0.321. The smallest absolute Gasteiger partial charge is 0.421 e. The number of amides is 3. The second-order valence-corrected chi connectivity index (χ2v) is 11.7. The molecule has 0 saturated carbocycles. The molecule has 1 aromatic heterocycles. The molecule has 4 heterocycles. The molecule has 3 atom stereocenters. The monoisotopic (exact) mass is 552 g/mol. The van der Waals surface area contributed by atoms with Gasteiger partial charge in [-0.3, -0.25) is 9.59 Å². The van der Waals surface area contributed by atoms with Gasteiger partial charge in [0.1, 0.15) is 5.60 Å². The maximum Gasteiger partial charge on any atom is 0.421 e. The van der Waals surface area contributed by atoms with Gasteiger partial charge in [0, 0.05) is 22.7 Å². The van der Waals surface area contributed by atoms with E-state index in [1.54, 1.807) is 68.1 Å². The van der Waals surface area contributed by atoms with E-state index in [1.165, 1.54) is 11.3 Å². The van der Waals surface area contributed by atoms with Crippen LogP contribution in [0.5, 0.6) is 0 Å². The zero-order valence-electron chi connectivity index (χ0n) is 21.2. The molecule has 3 aliphatic heterocycles. The van der Waals surface area contributed by atoms with E-state index < -0.39 is 41.0 Å². The van der Waals surface area contributed by atoms with Gasteiger partial charge in [-0.1, -0.05) is 35.9 Å². The van der Waals surface area contributed by atoms with Crippen LogP contribution < -0.4 is 9.80 Å². The van der Waals surface area contributed by atoms with Gasteiger partial charge in [0.05, 0.1) is 16.3 Å². The molecule has 2 spiro atoms. The standard InChI is InChI=1S/C28H25ClN2O6S/c1-5-30-19-13-12-16(29)15-18(19)28(23(30)32)27(35-22(36-28)21-11-8-14-38-21)17-9-6-7-10-20(17)31(24(27)33)25(34)37-26(2,3)4/h6-15,22H,5H2,1-4H3/t22-,27+,28+/m0/s1. The quantitative estimate of drug-likeness (QED) is 0.394. The number of hydrogen-bond donors (Lipinski definition) is 0. The normalized spacial score (nSPS) is 26.0. The fourth-order valence-electron chi connectivity index (χ4n) is 5.55. The second-order valence-electron chi connectivity index (χ2n) is 10.3. The zero-order chi connectivity index (χ0) is 27.0. The highest BCUT2D eigenvalue weighted by molar-refractivity contribution is 7.10. The molecule has 38 heavy (non-hydrogen) atoms. The summed E-state index contributed by atoms with van der Waals surface area (Å²) in [6, 6.07) is 15.5. The number of carbonyl (C=O) groups is 3. The number of fused-ring (bicyclic) bond motifs is 5. The largest absolute Gasteiger partial charge is 0.443 e. The Kier molecular flexibility index (Phi) is 5.53. The fourth-order valence-corrected chi connectivity index (χ4v) is 6.40. The lowest BCUT2D eigenvalue weighted by Crippen LogP contribution is -2.59. The average Bonchev–Trinajstić information content (AvgIpc) is 3.60. The van der Waals surface area contributed by atoms with Gasteiger partial charge in [0.2, 0.25) is 11.2 Å². The van der Waals surface area contributed by atoms with Gasteiger partial charge in [-0.15, -0.1) is 11.3 Å². The summed E-state index contributed by atoms with van der Waals surface area (Å²) in [6.45, 7) is 7.31. The van der Waals surface area contributed by atoms with Crippen molar-refractivity contribution < 1.29 is 28.6 Å². The van der Waals surface area contributed by atoms with Crippen molar-refractivity contribution in [2.45, 2.75) is 50.8 Å². The number of anilines is 2. The Labute approximate surface area is 228 Å². The summed E-state index contributed by atoms with van der Waals surface area (Å²) >= 11 is 7.83. The van der Waals surface area contributed by atoms with Gasteiger partial charge in [-0.25, -0.2) is 9.69 Å². The molecule has 6 rings (SSSR count). The molecule has 0 N–H and O–H groups in total. The number of rotatable bonds is 2. The maximum absolute atomic E-state index is 14.6. The van der Waals surface area contributed by atoms with Crippen LogP contribution in [-0.4, -0.2) is 30.1 Å². The molecule has 1 saturated heterocycles. The van der Waals surface area contributed by atoms with Crippen molar-refractivity contribution in [2.75, 3.05) is 16.3 Å². The third-order valence-corrected chi connectivity index (χ3v) is 8.06. The highest BCUT2D eigenvalue weighted by atomic mass is 35.5. The van der Waals surface area contributed by atoms with E-state index in [4.69, 9.17) is 25.8 Å². The lowest BCUT2D eigenvalue weighted by atomic mass is 9.74. The van der Waals surface area contributed by atoms with Gasteiger partial charge >= 0.3 is 6.09 Å². The molecule has 1 fully saturated rings. The van der Waals surface area contributed by atoms with E-state index in [1.807, 2.05) is 24.4 Å². The van der Waals surface area contributed by atoms with Crippen LogP contribution in [0.3, 0.4) is 0 Å². The zero-order valence-corrected chi connectivity index (χ0v) is 22.8. The van der Waals surface area contributed by atoms with E-state index in [2.05, 4.69) is 0 Å². The molecule has 0 bridgehead atoms. The van der Waals surface area contributed by atoms with Crippen LogP contribution >= 0.6 is 22.9 Å². The topological polar surface area (TPSA) is 85.4 Å². The molecule has 3 aliphatic rings. The summed E-state index contributed by atoms with van der Waals surface area (Å²) in [5.41, 5.74) is -3.24. The highest BCUT2D eigenvalue weighted by Crippen LogP contribution is 2.66. The van der Waals surface area contributed by atoms with Crippen LogP contribution in [0.1, 0.15) is 50.0 Å². The maximum atomic E-state index is 14.6. The predicted octanol–water partition coefficient (Wildman–Crippen LogP) is 5.89. The Hall–Kier alpha value is -3.24. The Morgan fingerprint density at radius 2 is 1.71 bits per heavy atom. The van der Waals surface area contributed by atoms with E-state index in [9.17, 15) is 14.4 Å². The molecule has 196 valence electrons. The molecule has 10 heteroatoms. The molecule has 0 unspecified atom stereocenters. The lowest BCUT2D eigenvalue weighted by Gasteiger charge is -2.35. The van der Waals surface area contributed by atoms with Crippen LogP contribution in [0.25, 0.3) is 0 Å². The van der Waals surface area contributed by atoms with E-state index >= 15 is 0 Å². The van der Waals surface area contributed by atoms with Gasteiger partial charge in [0.25, 0.3) is 11.8 Å². The molecule has 8 nitrogen and oxygen atoms in total. The molecule has 0 radical (unpaired) electrons. The van der Waals surface area contributed by atoms with E-state index in [-0.39, 0.29) is 5.69 Å². The second kappa shape index (κ2) is 8.38. The summed E-state index contributed by atoms with van der Waals surface area (Å²) < 4.78 is 18.8. The number of hydrogen-bond acceptors (Lipinski definition) is 7. The van der Waals surface area contributed by atoms with Crippen LogP contribution in [-0.2, 0) is 35.0 Å². The van der Waals surface area contributed by atoms with Crippen molar-refractivity contribution >= 4 is 52.2 Å². The van der Waals surface area contributed by atoms with Crippen molar-refractivity contribution in [3.63, 3.8) is 0 Å². The first-order valence-electron chi connectivity index (χ1n) is 12.2. The molecular formula is C28H25ClN2O6S. The number of nitrogens with zero attached hydrogens (tertiary/aromatic N) is 2. The van der Waals surface area contributed by atoms with Crippen molar-refractivity contribution in [3.05, 3.63) is 81.0 Å². The number of benzene rings is 2. The van der Waals surface area contributed by atoms with Crippen LogP contribution in [0.2, 0.25) is 5.02 Å². The first-order chi connectivity index (χ1) is 18.0. The molecule has 3 aromatic rings. The van der Waals surface area contributed by atoms with Gasteiger partial charge in [-0.2, -0.15) is 0 Å². The first-order valence-corrected chi connectivity index (χ1v) is 13.5. The third-order valence-electron chi connectivity index (χ3n) is 6.93. The minimum atomic E-state index is -2.02. The molecule has 0 aliphatic carbocycles. The summed E-state index contributed by atoms with van der Waals surface area (Å²) in [6.07, 6.45) is -1.92. The Morgan fingerprint density at radius 1 is 1.00 bits per heavy atom. The van der Waals surface area contributed by atoms with E-state index in [0.29, 0.717) is 33.3 Å². The van der Waals surface area contributed by atoms with Gasteiger partial charge in [0.15, 0.2) is 6.29 Å². The molecular weight excluding hydrogens is 528 g/mol. The van der Waals surface area contributed by atoms with Crippen LogP contribution in [0.4, 0.5) is 16.2 Å². The number of ether oxygens (including phenoxy) is 3. The number of para-hydroxylation sites is 1. The van der Waals surface area contributed by atoms with Crippen molar-refractivity contribution in [1.82, 2.24) is 0 Å². The summed E-state index contributed by atoms with van der Waals surface area (Å²) in [5, 5.41) is 2.23. The number of imide groups is 1. The first kappa shape index (κ1) is 25.1. The van der Waals surface area contributed by atoms with Gasteiger partial charge < -0.3 is 19.1 Å². The Bertz CT molecular complexity index is 1480. The number of carbonyl (C=O) groups excluding carboxylic acids is 3. The third kappa shape index (κ3) is 3.19. The number of likely N-dealkylation sites (N-methyl/N-ethyl adjacent to an activating group) is 1. The minimum absolute atomic E-state index is 0.271. The summed E-state index contributed by atoms with van der Waals surface area (Å²) in [5.74, 6) is -1.23. The van der Waals surface area contributed by atoms with Crippen molar-refractivity contribution in [1.29, 1.82) is 0 Å². The molecule has 2 aromatic carbocycles. The molecule has 3 amide bonds. The lowest BCUT2D eigenvalue weighted by molar-refractivity contribution is -0.156. The van der Waals surface area contributed by atoms with E-state index in [0.717, 1.165) is 4.90 Å². The highest BCUT2D eigenvalue weighted by Gasteiger charge is 2.79. The minimum Gasteiger partial charge on any atom is -0.443 e. The Balaban J connectivity index is 1.65. The summed E-state index contributed by atoms with van der Waals surface area (Å²) in [7, 11) is 0. The number of thiophene rings is 1. The van der Waals surface area contributed by atoms with Crippen LogP contribution in [0.15, 0.2) is 60.0 Å². The number of halogens is 1. The summed E-state index contributed by atoms with van der Waals surface area (Å²) in [4.78, 5) is 45.7. The predicted molar refractivity (Wildman–Crippen MR) is 142 cm³/mol. The Morgan fingerprint density at radius 3 is 2.37 bits per heavy atom. The van der Waals surface area contributed by atoms with Crippen molar-refractivity contribution in [3.8, 4) is 0 Å². The van der Waals surface area contributed by atoms with Gasteiger partial charge in [-0.05, 0) is 63.4 Å². The average molecular weight is 553 g/mol. The SMILES string of the molecule is CCN1C(=O)[C@]2(O[C@@H](c3cccs3)O[C@]23C(=O)N(C(=O)OC(C)(C)C)c2ccccc23)c2cc(Cl)ccc21. The van der Waals surface area contributed by atoms with Crippen molar-refractivity contribution in [2.24, 2.45) is 0 Å².